The Bertz CT molecular complexity index is 444. The summed E-state index contributed by atoms with van der Waals surface area (Å²) in [5, 5.41) is 6.36. The molecule has 1 saturated carbocycles. The second kappa shape index (κ2) is 7.32. The smallest absolute Gasteiger partial charge is 0.224 e. The Morgan fingerprint density at radius 3 is 2.85 bits per heavy atom. The normalized spacial score (nSPS) is 22.3. The third-order valence-electron chi connectivity index (χ3n) is 4.37. The molecule has 110 valence electrons. The fourth-order valence-corrected chi connectivity index (χ4v) is 3.09. The summed E-state index contributed by atoms with van der Waals surface area (Å²) in [5.41, 5.74) is 2.21. The summed E-state index contributed by atoms with van der Waals surface area (Å²) >= 11 is 0. The number of nitrogens with one attached hydrogen (secondary N) is 2. The van der Waals surface area contributed by atoms with Crippen molar-refractivity contribution in [2.24, 2.45) is 5.92 Å². The maximum atomic E-state index is 11.6. The van der Waals surface area contributed by atoms with Crippen LogP contribution >= 0.6 is 0 Å². The number of rotatable bonds is 5. The van der Waals surface area contributed by atoms with Crippen molar-refractivity contribution in [1.29, 1.82) is 0 Å². The molecule has 3 heteroatoms. The van der Waals surface area contributed by atoms with Gasteiger partial charge in [-0.15, -0.1) is 0 Å². The van der Waals surface area contributed by atoms with Crippen LogP contribution < -0.4 is 10.6 Å². The Balaban J connectivity index is 2.03. The number of amides is 1. The van der Waals surface area contributed by atoms with Gasteiger partial charge in [0.2, 0.25) is 5.91 Å². The van der Waals surface area contributed by atoms with Crippen LogP contribution in [0.5, 0.6) is 0 Å². The Morgan fingerprint density at radius 2 is 2.10 bits per heavy atom. The lowest BCUT2D eigenvalue weighted by molar-refractivity contribution is -0.119. The average Bonchev–Trinajstić information content (AvgIpc) is 2.49. The number of benzene rings is 1. The molecule has 20 heavy (non-hydrogen) atoms. The van der Waals surface area contributed by atoms with E-state index < -0.39 is 0 Å². The fraction of sp³-hybridized carbons (Fsp3) is 0.588. The number of carbonyl (C=O) groups is 1. The van der Waals surface area contributed by atoms with Crippen LogP contribution in [-0.2, 0) is 11.2 Å². The minimum atomic E-state index is 0.0642. The summed E-state index contributed by atoms with van der Waals surface area (Å²) in [4.78, 5) is 11.6. The second-order valence-corrected chi connectivity index (χ2v) is 5.79. The van der Waals surface area contributed by atoms with Crippen LogP contribution in [0, 0.1) is 5.92 Å². The standard InChI is InChI=1S/C17H26N2O/c1-3-13-7-6-9-15(11-13)19-16-10-5-4-8-14(16)12-17(20)18-2/h4-5,8,10,13,15,19H,3,6-7,9,11-12H2,1-2H3,(H,18,20). The van der Waals surface area contributed by atoms with E-state index in [9.17, 15) is 4.79 Å². The average molecular weight is 274 g/mol. The minimum Gasteiger partial charge on any atom is -0.382 e. The summed E-state index contributed by atoms with van der Waals surface area (Å²) in [6.07, 6.45) is 6.90. The molecule has 1 aliphatic rings. The molecule has 0 bridgehead atoms. The van der Waals surface area contributed by atoms with Gasteiger partial charge < -0.3 is 10.6 Å². The van der Waals surface area contributed by atoms with Crippen molar-refractivity contribution in [1.82, 2.24) is 5.32 Å². The molecule has 1 aliphatic carbocycles. The highest BCUT2D eigenvalue weighted by atomic mass is 16.1. The van der Waals surface area contributed by atoms with E-state index >= 15 is 0 Å². The predicted molar refractivity (Wildman–Crippen MR) is 83.9 cm³/mol. The van der Waals surface area contributed by atoms with Crippen LogP contribution in [0.1, 0.15) is 44.6 Å². The number of anilines is 1. The van der Waals surface area contributed by atoms with E-state index in [1.165, 1.54) is 32.1 Å². The van der Waals surface area contributed by atoms with E-state index in [0.29, 0.717) is 12.5 Å². The summed E-state index contributed by atoms with van der Waals surface area (Å²) in [6.45, 7) is 2.28. The van der Waals surface area contributed by atoms with Crippen molar-refractivity contribution in [2.75, 3.05) is 12.4 Å². The third-order valence-corrected chi connectivity index (χ3v) is 4.37. The van der Waals surface area contributed by atoms with Crippen molar-refractivity contribution in [2.45, 2.75) is 51.5 Å². The summed E-state index contributed by atoms with van der Waals surface area (Å²) < 4.78 is 0. The van der Waals surface area contributed by atoms with Gasteiger partial charge in [-0.3, -0.25) is 4.79 Å². The number of carbonyl (C=O) groups excluding carboxylic acids is 1. The van der Waals surface area contributed by atoms with Crippen LogP contribution in [-0.4, -0.2) is 19.0 Å². The maximum absolute atomic E-state index is 11.6. The van der Waals surface area contributed by atoms with Crippen molar-refractivity contribution < 1.29 is 4.79 Å². The molecule has 0 aliphatic heterocycles. The lowest BCUT2D eigenvalue weighted by Crippen LogP contribution is -2.28. The first-order valence-electron chi connectivity index (χ1n) is 7.78. The van der Waals surface area contributed by atoms with Gasteiger partial charge in [0.1, 0.15) is 0 Å². The zero-order chi connectivity index (χ0) is 14.4. The van der Waals surface area contributed by atoms with Crippen LogP contribution in [0.25, 0.3) is 0 Å². The van der Waals surface area contributed by atoms with Gasteiger partial charge in [0.25, 0.3) is 0 Å². The SMILES string of the molecule is CCC1CCCC(Nc2ccccc2CC(=O)NC)C1. The zero-order valence-electron chi connectivity index (χ0n) is 12.6. The number of hydrogen-bond donors (Lipinski definition) is 2. The largest absolute Gasteiger partial charge is 0.382 e. The molecule has 2 rings (SSSR count). The lowest BCUT2D eigenvalue weighted by Gasteiger charge is -2.30. The van der Waals surface area contributed by atoms with Crippen LogP contribution in [0.4, 0.5) is 5.69 Å². The highest BCUT2D eigenvalue weighted by Crippen LogP contribution is 2.29. The Kier molecular flexibility index (Phi) is 5.45. The van der Waals surface area contributed by atoms with Gasteiger partial charge >= 0.3 is 0 Å². The van der Waals surface area contributed by atoms with E-state index in [2.05, 4.69) is 23.6 Å². The highest BCUT2D eigenvalue weighted by molar-refractivity contribution is 5.80. The first-order valence-corrected chi connectivity index (χ1v) is 7.78. The summed E-state index contributed by atoms with van der Waals surface area (Å²) in [6, 6.07) is 8.72. The zero-order valence-corrected chi connectivity index (χ0v) is 12.6. The quantitative estimate of drug-likeness (QED) is 0.864. The molecule has 0 heterocycles. The molecule has 2 atom stereocenters. The van der Waals surface area contributed by atoms with Crippen molar-refractivity contribution in [3.63, 3.8) is 0 Å². The lowest BCUT2D eigenvalue weighted by atomic mass is 9.84. The van der Waals surface area contributed by atoms with Crippen molar-refractivity contribution in [3.05, 3.63) is 29.8 Å². The molecule has 0 saturated heterocycles. The molecule has 1 fully saturated rings. The fourth-order valence-electron chi connectivity index (χ4n) is 3.09. The highest BCUT2D eigenvalue weighted by Gasteiger charge is 2.21. The van der Waals surface area contributed by atoms with Gasteiger partial charge in [0, 0.05) is 18.8 Å². The third kappa shape index (κ3) is 3.99. The molecule has 3 nitrogen and oxygen atoms in total. The number of para-hydroxylation sites is 1. The second-order valence-electron chi connectivity index (χ2n) is 5.79. The molecule has 1 aromatic carbocycles. The van der Waals surface area contributed by atoms with Gasteiger partial charge in [-0.05, 0) is 30.4 Å². The molecule has 1 amide bonds. The maximum Gasteiger partial charge on any atom is 0.224 e. The Hall–Kier alpha value is -1.51. The van der Waals surface area contributed by atoms with E-state index in [-0.39, 0.29) is 5.91 Å². The summed E-state index contributed by atoms with van der Waals surface area (Å²) in [5.74, 6) is 0.918. The molecule has 0 radical (unpaired) electrons. The van der Waals surface area contributed by atoms with Gasteiger partial charge in [-0.25, -0.2) is 0 Å². The number of hydrogen-bond acceptors (Lipinski definition) is 2. The minimum absolute atomic E-state index is 0.0642. The molecule has 2 unspecified atom stereocenters. The number of likely N-dealkylation sites (N-methyl/N-ethyl adjacent to an activating group) is 1. The monoisotopic (exact) mass is 274 g/mol. The molecule has 0 aromatic heterocycles. The van der Waals surface area contributed by atoms with Crippen LogP contribution in [0.2, 0.25) is 0 Å². The summed E-state index contributed by atoms with van der Waals surface area (Å²) in [7, 11) is 1.69. The van der Waals surface area contributed by atoms with Crippen LogP contribution in [0.15, 0.2) is 24.3 Å². The first kappa shape index (κ1) is 14.9. The molecular formula is C17H26N2O. The van der Waals surface area contributed by atoms with Gasteiger partial charge in [-0.1, -0.05) is 44.4 Å². The molecule has 2 N–H and O–H groups in total. The van der Waals surface area contributed by atoms with E-state index in [4.69, 9.17) is 0 Å². The predicted octanol–water partition coefficient (Wildman–Crippen LogP) is 3.36. The van der Waals surface area contributed by atoms with Crippen molar-refractivity contribution in [3.8, 4) is 0 Å². The van der Waals surface area contributed by atoms with Gasteiger partial charge in [0.15, 0.2) is 0 Å². The first-order chi connectivity index (χ1) is 9.72. The molecule has 0 spiro atoms. The van der Waals surface area contributed by atoms with Gasteiger partial charge in [0.05, 0.1) is 6.42 Å². The molecular weight excluding hydrogens is 248 g/mol. The van der Waals surface area contributed by atoms with Crippen LogP contribution in [0.3, 0.4) is 0 Å². The van der Waals surface area contributed by atoms with Gasteiger partial charge in [-0.2, -0.15) is 0 Å². The topological polar surface area (TPSA) is 41.1 Å². The van der Waals surface area contributed by atoms with E-state index in [0.717, 1.165) is 17.2 Å². The van der Waals surface area contributed by atoms with E-state index in [1.54, 1.807) is 7.05 Å². The van der Waals surface area contributed by atoms with Crippen molar-refractivity contribution >= 4 is 11.6 Å². The Morgan fingerprint density at radius 1 is 1.30 bits per heavy atom. The Labute approximate surface area is 122 Å². The van der Waals surface area contributed by atoms with E-state index in [1.807, 2.05) is 18.2 Å². The molecule has 1 aromatic rings.